The molecular formula is C19H30N2O5S. The first-order valence-electron chi connectivity index (χ1n) is 9.37. The number of aryl methyl sites for hydroxylation is 1. The van der Waals surface area contributed by atoms with Gasteiger partial charge in [0, 0.05) is 25.6 Å². The number of amides is 1. The monoisotopic (exact) mass is 398 g/mol. The average molecular weight is 399 g/mol. The van der Waals surface area contributed by atoms with Crippen molar-refractivity contribution in [3.05, 3.63) is 23.8 Å². The van der Waals surface area contributed by atoms with E-state index in [1.165, 1.54) is 4.31 Å². The lowest BCUT2D eigenvalue weighted by Gasteiger charge is -2.30. The number of carbonyl (C=O) groups excluding carboxylic acids is 1. The van der Waals surface area contributed by atoms with Gasteiger partial charge in [0.25, 0.3) is 0 Å². The smallest absolute Gasteiger partial charge is 0.223 e. The third-order valence-electron chi connectivity index (χ3n) is 4.97. The highest BCUT2D eigenvalue weighted by atomic mass is 32.2. The molecule has 0 aliphatic carbocycles. The zero-order chi connectivity index (χ0) is 19.9. The third-order valence-corrected chi connectivity index (χ3v) is 6.85. The lowest BCUT2D eigenvalue weighted by molar-refractivity contribution is -0.126. The molecule has 0 saturated carbocycles. The Labute approximate surface area is 162 Å². The second-order valence-corrected chi connectivity index (χ2v) is 8.92. The van der Waals surface area contributed by atoms with Crippen molar-refractivity contribution in [2.75, 3.05) is 39.6 Å². The van der Waals surface area contributed by atoms with Crippen molar-refractivity contribution in [2.45, 2.75) is 32.6 Å². The summed E-state index contributed by atoms with van der Waals surface area (Å²) >= 11 is 0. The number of nitrogens with zero attached hydrogens (tertiary/aromatic N) is 1. The first-order valence-corrected chi connectivity index (χ1v) is 11.0. The number of sulfonamides is 1. The second-order valence-electron chi connectivity index (χ2n) is 6.66. The quantitative estimate of drug-likeness (QED) is 0.642. The number of piperidine rings is 1. The molecule has 8 heteroatoms. The molecule has 0 bridgehead atoms. The van der Waals surface area contributed by atoms with Gasteiger partial charge in [-0.3, -0.25) is 4.79 Å². The maximum atomic E-state index is 12.3. The van der Waals surface area contributed by atoms with Gasteiger partial charge in [-0.15, -0.1) is 0 Å². The number of hydrogen-bond acceptors (Lipinski definition) is 5. The Bertz CT molecular complexity index is 728. The molecule has 152 valence electrons. The van der Waals surface area contributed by atoms with Crippen LogP contribution in [0.1, 0.15) is 31.7 Å². The van der Waals surface area contributed by atoms with Crippen LogP contribution in [0.2, 0.25) is 0 Å². The molecule has 1 aromatic rings. The van der Waals surface area contributed by atoms with Crippen molar-refractivity contribution in [1.29, 1.82) is 0 Å². The Morgan fingerprint density at radius 2 is 1.85 bits per heavy atom. The summed E-state index contributed by atoms with van der Waals surface area (Å²) in [5, 5.41) is 2.98. The number of hydrogen-bond donors (Lipinski definition) is 1. The predicted molar refractivity (Wildman–Crippen MR) is 105 cm³/mol. The molecular weight excluding hydrogens is 368 g/mol. The topological polar surface area (TPSA) is 84.9 Å². The maximum absolute atomic E-state index is 12.3. The molecule has 1 amide bonds. The van der Waals surface area contributed by atoms with Crippen LogP contribution in [0, 0.1) is 5.92 Å². The van der Waals surface area contributed by atoms with Crippen molar-refractivity contribution in [3.63, 3.8) is 0 Å². The van der Waals surface area contributed by atoms with Crippen LogP contribution in [0.4, 0.5) is 0 Å². The largest absolute Gasteiger partial charge is 0.493 e. The summed E-state index contributed by atoms with van der Waals surface area (Å²) in [6.45, 7) is 3.10. The summed E-state index contributed by atoms with van der Waals surface area (Å²) in [4.78, 5) is 12.3. The Kier molecular flexibility index (Phi) is 7.91. The van der Waals surface area contributed by atoms with Gasteiger partial charge in [-0.25, -0.2) is 12.7 Å². The van der Waals surface area contributed by atoms with Crippen molar-refractivity contribution in [2.24, 2.45) is 5.92 Å². The predicted octanol–water partition coefficient (Wildman–Crippen LogP) is 1.81. The molecule has 27 heavy (non-hydrogen) atoms. The lowest BCUT2D eigenvalue weighted by atomic mass is 9.97. The molecule has 0 unspecified atom stereocenters. The van der Waals surface area contributed by atoms with Crippen molar-refractivity contribution < 1.29 is 22.7 Å². The Morgan fingerprint density at radius 3 is 2.44 bits per heavy atom. The molecule has 1 aliphatic heterocycles. The van der Waals surface area contributed by atoms with Crippen molar-refractivity contribution >= 4 is 15.9 Å². The average Bonchev–Trinajstić information content (AvgIpc) is 2.70. The number of nitrogens with one attached hydrogen (secondary N) is 1. The fraction of sp³-hybridized carbons (Fsp3) is 0.632. The first-order chi connectivity index (χ1) is 12.9. The van der Waals surface area contributed by atoms with Crippen LogP contribution in [0.15, 0.2) is 18.2 Å². The van der Waals surface area contributed by atoms with E-state index in [-0.39, 0.29) is 17.6 Å². The zero-order valence-corrected chi connectivity index (χ0v) is 17.2. The number of rotatable bonds is 9. The molecule has 1 heterocycles. The van der Waals surface area contributed by atoms with E-state index >= 15 is 0 Å². The molecule has 1 aromatic carbocycles. The second kappa shape index (κ2) is 9.94. The highest BCUT2D eigenvalue weighted by Crippen LogP contribution is 2.28. The summed E-state index contributed by atoms with van der Waals surface area (Å²) < 4.78 is 35.8. The van der Waals surface area contributed by atoms with Crippen LogP contribution >= 0.6 is 0 Å². The van der Waals surface area contributed by atoms with Gasteiger partial charge in [-0.05, 0) is 50.3 Å². The van der Waals surface area contributed by atoms with E-state index < -0.39 is 10.0 Å². The van der Waals surface area contributed by atoms with Crippen LogP contribution in [-0.2, 0) is 21.2 Å². The minimum Gasteiger partial charge on any atom is -0.493 e. The number of benzene rings is 1. The minimum absolute atomic E-state index is 0.0239. The minimum atomic E-state index is -3.15. The van der Waals surface area contributed by atoms with Crippen LogP contribution in [0.3, 0.4) is 0 Å². The van der Waals surface area contributed by atoms with E-state index in [4.69, 9.17) is 9.47 Å². The van der Waals surface area contributed by atoms with E-state index in [2.05, 4.69) is 5.32 Å². The van der Waals surface area contributed by atoms with E-state index in [1.54, 1.807) is 21.1 Å². The number of methoxy groups -OCH3 is 2. The normalized spacial score (nSPS) is 16.1. The van der Waals surface area contributed by atoms with Gasteiger partial charge < -0.3 is 14.8 Å². The molecule has 0 spiro atoms. The van der Waals surface area contributed by atoms with Gasteiger partial charge in [-0.2, -0.15) is 0 Å². The molecule has 7 nitrogen and oxygen atoms in total. The van der Waals surface area contributed by atoms with Crippen LogP contribution in [-0.4, -0.2) is 58.2 Å². The molecule has 1 N–H and O–H groups in total. The fourth-order valence-electron chi connectivity index (χ4n) is 3.26. The molecule has 1 aliphatic rings. The summed E-state index contributed by atoms with van der Waals surface area (Å²) in [5.41, 5.74) is 1.12. The third kappa shape index (κ3) is 5.84. The van der Waals surface area contributed by atoms with E-state index in [0.717, 1.165) is 18.4 Å². The number of carbonyl (C=O) groups is 1. The van der Waals surface area contributed by atoms with Gasteiger partial charge in [0.15, 0.2) is 11.5 Å². The summed E-state index contributed by atoms with van der Waals surface area (Å²) in [5.74, 6) is 1.43. The maximum Gasteiger partial charge on any atom is 0.223 e. The van der Waals surface area contributed by atoms with Crippen LogP contribution < -0.4 is 14.8 Å². The molecule has 1 fully saturated rings. The zero-order valence-electron chi connectivity index (χ0n) is 16.4. The lowest BCUT2D eigenvalue weighted by Crippen LogP contribution is -2.43. The van der Waals surface area contributed by atoms with Gasteiger partial charge in [0.2, 0.25) is 15.9 Å². The van der Waals surface area contributed by atoms with Gasteiger partial charge in [0.05, 0.1) is 20.0 Å². The SMILES string of the molecule is CCS(=O)(=O)N1CCC(C(=O)NCCCc2ccc(OC)c(OC)c2)CC1. The Balaban J connectivity index is 1.73. The Hall–Kier alpha value is -1.80. The van der Waals surface area contributed by atoms with Gasteiger partial charge >= 0.3 is 0 Å². The van der Waals surface area contributed by atoms with E-state index in [1.807, 2.05) is 18.2 Å². The van der Waals surface area contributed by atoms with Crippen molar-refractivity contribution in [3.8, 4) is 11.5 Å². The molecule has 0 aromatic heterocycles. The highest BCUT2D eigenvalue weighted by molar-refractivity contribution is 7.89. The van der Waals surface area contributed by atoms with E-state index in [9.17, 15) is 13.2 Å². The van der Waals surface area contributed by atoms with Crippen LogP contribution in [0.5, 0.6) is 11.5 Å². The summed E-state index contributed by atoms with van der Waals surface area (Å²) in [7, 11) is 0.0661. The standard InChI is InChI=1S/C19H30N2O5S/c1-4-27(23,24)21-12-9-16(10-13-21)19(22)20-11-5-6-15-7-8-17(25-2)18(14-15)26-3/h7-8,14,16H,4-6,9-13H2,1-3H3,(H,20,22). The summed E-state index contributed by atoms with van der Waals surface area (Å²) in [6, 6.07) is 5.82. The fourth-order valence-corrected chi connectivity index (χ4v) is 4.40. The van der Waals surface area contributed by atoms with Crippen molar-refractivity contribution in [1.82, 2.24) is 9.62 Å². The van der Waals surface area contributed by atoms with E-state index in [0.29, 0.717) is 44.0 Å². The molecule has 2 rings (SSSR count). The van der Waals surface area contributed by atoms with Gasteiger partial charge in [-0.1, -0.05) is 6.07 Å². The number of ether oxygens (including phenoxy) is 2. The Morgan fingerprint density at radius 1 is 1.19 bits per heavy atom. The molecule has 0 radical (unpaired) electrons. The van der Waals surface area contributed by atoms with Crippen LogP contribution in [0.25, 0.3) is 0 Å². The molecule has 1 saturated heterocycles. The molecule has 0 atom stereocenters. The summed E-state index contributed by atoms with van der Waals surface area (Å²) in [6.07, 6.45) is 2.82. The van der Waals surface area contributed by atoms with Gasteiger partial charge in [0.1, 0.15) is 0 Å². The first kappa shape index (κ1) is 21.5. The highest BCUT2D eigenvalue weighted by Gasteiger charge is 2.29.